The number of likely N-dealkylation sites (N-methyl/N-ethyl adjacent to an activating group) is 1. The molecule has 3 nitrogen and oxygen atoms in total. The van der Waals surface area contributed by atoms with Gasteiger partial charge in [0.25, 0.3) is 0 Å². The Morgan fingerprint density at radius 2 is 2.06 bits per heavy atom. The summed E-state index contributed by atoms with van der Waals surface area (Å²) in [5.41, 5.74) is 1.08. The highest BCUT2D eigenvalue weighted by atomic mass is 16.3. The first-order valence-electron chi connectivity index (χ1n) is 6.50. The summed E-state index contributed by atoms with van der Waals surface area (Å²) in [5, 5.41) is 18.5. The number of rotatable bonds is 5. The molecular formula is C15H20N2O. The zero-order chi connectivity index (χ0) is 13.0. The van der Waals surface area contributed by atoms with Crippen LogP contribution in [0.4, 0.5) is 0 Å². The Labute approximate surface area is 109 Å². The monoisotopic (exact) mass is 244 g/mol. The second kappa shape index (κ2) is 5.99. The van der Waals surface area contributed by atoms with Gasteiger partial charge in [-0.15, -0.1) is 0 Å². The van der Waals surface area contributed by atoms with E-state index in [1.165, 1.54) is 0 Å². The Kier molecular flexibility index (Phi) is 4.35. The summed E-state index contributed by atoms with van der Waals surface area (Å²) in [4.78, 5) is 2.21. The van der Waals surface area contributed by atoms with Gasteiger partial charge in [-0.05, 0) is 31.4 Å². The van der Waals surface area contributed by atoms with Crippen LogP contribution in [0.1, 0.15) is 24.3 Å². The van der Waals surface area contributed by atoms with Gasteiger partial charge in [-0.2, -0.15) is 5.26 Å². The maximum Gasteiger partial charge on any atom is 0.0839 e. The van der Waals surface area contributed by atoms with Crippen LogP contribution in [-0.4, -0.2) is 36.2 Å². The van der Waals surface area contributed by atoms with Gasteiger partial charge in [-0.1, -0.05) is 30.3 Å². The van der Waals surface area contributed by atoms with Crippen LogP contribution in [0.3, 0.4) is 0 Å². The van der Waals surface area contributed by atoms with E-state index in [0.717, 1.165) is 31.5 Å². The summed E-state index contributed by atoms with van der Waals surface area (Å²) >= 11 is 0. The van der Waals surface area contributed by atoms with E-state index in [-0.39, 0.29) is 12.0 Å². The molecule has 0 aromatic heterocycles. The van der Waals surface area contributed by atoms with Gasteiger partial charge in [-0.3, -0.25) is 0 Å². The van der Waals surface area contributed by atoms with Crippen molar-refractivity contribution in [3.05, 3.63) is 35.9 Å². The van der Waals surface area contributed by atoms with Crippen molar-refractivity contribution in [3.63, 3.8) is 0 Å². The Bertz CT molecular complexity index is 406. The van der Waals surface area contributed by atoms with Crippen molar-refractivity contribution in [1.29, 1.82) is 5.26 Å². The molecule has 0 radical (unpaired) electrons. The smallest absolute Gasteiger partial charge is 0.0839 e. The Morgan fingerprint density at radius 3 is 2.61 bits per heavy atom. The average molecular weight is 244 g/mol. The van der Waals surface area contributed by atoms with E-state index >= 15 is 0 Å². The topological polar surface area (TPSA) is 47.3 Å². The van der Waals surface area contributed by atoms with E-state index in [4.69, 9.17) is 0 Å². The molecule has 1 fully saturated rings. The van der Waals surface area contributed by atoms with Crippen LogP contribution >= 0.6 is 0 Å². The summed E-state index contributed by atoms with van der Waals surface area (Å²) in [6.07, 6.45) is 1.73. The number of aliphatic hydroxyl groups is 1. The molecular weight excluding hydrogens is 224 g/mol. The summed E-state index contributed by atoms with van der Waals surface area (Å²) < 4.78 is 0. The van der Waals surface area contributed by atoms with Gasteiger partial charge < -0.3 is 10.0 Å². The van der Waals surface area contributed by atoms with Crippen molar-refractivity contribution >= 4 is 0 Å². The molecule has 1 unspecified atom stereocenters. The Balaban J connectivity index is 1.85. The van der Waals surface area contributed by atoms with Gasteiger partial charge in [-0.25, -0.2) is 0 Å². The predicted molar refractivity (Wildman–Crippen MR) is 71.0 cm³/mol. The van der Waals surface area contributed by atoms with Crippen LogP contribution in [0.25, 0.3) is 0 Å². The highest BCUT2D eigenvalue weighted by Gasteiger charge is 2.28. The molecule has 0 spiro atoms. The molecule has 1 saturated carbocycles. The summed E-state index contributed by atoms with van der Waals surface area (Å²) in [6, 6.07) is 12.3. The standard InChI is InChI=1S/C15H20N2O/c1-17(10-12-7-15(18)8-12)11-14(9-16)13-5-3-2-4-6-13/h2-6,12,14-15,18H,7-8,10-11H2,1H3. The lowest BCUT2D eigenvalue weighted by Gasteiger charge is -2.34. The van der Waals surface area contributed by atoms with E-state index in [1.807, 2.05) is 30.3 Å². The van der Waals surface area contributed by atoms with Crippen molar-refractivity contribution in [2.45, 2.75) is 24.9 Å². The molecule has 1 aliphatic carbocycles. The van der Waals surface area contributed by atoms with E-state index in [9.17, 15) is 10.4 Å². The number of nitrogens with zero attached hydrogens (tertiary/aromatic N) is 2. The minimum absolute atomic E-state index is 0.0683. The zero-order valence-electron chi connectivity index (χ0n) is 10.8. The van der Waals surface area contributed by atoms with Crippen molar-refractivity contribution < 1.29 is 5.11 Å². The normalized spacial score (nSPS) is 24.3. The molecule has 96 valence electrons. The molecule has 1 atom stereocenters. The fourth-order valence-electron chi connectivity index (χ4n) is 2.58. The van der Waals surface area contributed by atoms with E-state index in [1.54, 1.807) is 0 Å². The third kappa shape index (κ3) is 3.32. The van der Waals surface area contributed by atoms with E-state index < -0.39 is 0 Å². The third-order valence-corrected chi connectivity index (χ3v) is 3.63. The van der Waals surface area contributed by atoms with Crippen LogP contribution in [0.5, 0.6) is 0 Å². The van der Waals surface area contributed by atoms with Crippen molar-refractivity contribution in [2.75, 3.05) is 20.1 Å². The summed E-state index contributed by atoms with van der Waals surface area (Å²) in [7, 11) is 2.05. The Morgan fingerprint density at radius 1 is 1.39 bits per heavy atom. The molecule has 3 heteroatoms. The number of hydrogen-bond acceptors (Lipinski definition) is 3. The molecule has 0 bridgehead atoms. The summed E-state index contributed by atoms with van der Waals surface area (Å²) in [5.74, 6) is 0.529. The summed E-state index contributed by atoms with van der Waals surface area (Å²) in [6.45, 7) is 1.73. The molecule has 0 saturated heterocycles. The number of aliphatic hydroxyl groups excluding tert-OH is 1. The van der Waals surface area contributed by atoms with Crippen LogP contribution in [-0.2, 0) is 0 Å². The van der Waals surface area contributed by atoms with Gasteiger partial charge >= 0.3 is 0 Å². The quantitative estimate of drug-likeness (QED) is 0.861. The fraction of sp³-hybridized carbons (Fsp3) is 0.533. The minimum Gasteiger partial charge on any atom is -0.393 e. The minimum atomic E-state index is -0.0933. The molecule has 18 heavy (non-hydrogen) atoms. The molecule has 1 aromatic rings. The zero-order valence-corrected chi connectivity index (χ0v) is 10.8. The molecule has 0 heterocycles. The molecule has 0 aliphatic heterocycles. The van der Waals surface area contributed by atoms with Gasteiger partial charge in [0.1, 0.15) is 0 Å². The van der Waals surface area contributed by atoms with Gasteiger partial charge in [0.05, 0.1) is 18.1 Å². The van der Waals surface area contributed by atoms with Crippen LogP contribution < -0.4 is 0 Å². The lowest BCUT2D eigenvalue weighted by Crippen LogP contribution is -2.38. The van der Waals surface area contributed by atoms with Gasteiger partial charge in [0.2, 0.25) is 0 Å². The third-order valence-electron chi connectivity index (χ3n) is 3.63. The van der Waals surface area contributed by atoms with Crippen LogP contribution in [0, 0.1) is 17.2 Å². The van der Waals surface area contributed by atoms with E-state index in [0.29, 0.717) is 5.92 Å². The predicted octanol–water partition coefficient (Wildman–Crippen LogP) is 2.00. The van der Waals surface area contributed by atoms with Crippen LogP contribution in [0.2, 0.25) is 0 Å². The number of nitriles is 1. The Hall–Kier alpha value is -1.37. The van der Waals surface area contributed by atoms with Gasteiger partial charge in [0, 0.05) is 13.1 Å². The molecule has 0 amide bonds. The highest BCUT2D eigenvalue weighted by Crippen LogP contribution is 2.28. The second-order valence-electron chi connectivity index (χ2n) is 5.30. The van der Waals surface area contributed by atoms with Crippen molar-refractivity contribution in [3.8, 4) is 6.07 Å². The lowest BCUT2D eigenvalue weighted by atomic mass is 9.82. The first-order chi connectivity index (χ1) is 8.69. The first-order valence-corrected chi connectivity index (χ1v) is 6.50. The maximum absolute atomic E-state index is 9.27. The second-order valence-corrected chi connectivity index (χ2v) is 5.30. The van der Waals surface area contributed by atoms with E-state index in [2.05, 4.69) is 18.0 Å². The number of benzene rings is 1. The van der Waals surface area contributed by atoms with Crippen molar-refractivity contribution in [2.24, 2.45) is 5.92 Å². The average Bonchev–Trinajstić information content (AvgIpc) is 2.35. The number of hydrogen-bond donors (Lipinski definition) is 1. The van der Waals surface area contributed by atoms with Crippen molar-refractivity contribution in [1.82, 2.24) is 4.90 Å². The maximum atomic E-state index is 9.27. The highest BCUT2D eigenvalue weighted by molar-refractivity contribution is 5.25. The molecule has 2 rings (SSSR count). The molecule has 1 aromatic carbocycles. The fourth-order valence-corrected chi connectivity index (χ4v) is 2.58. The molecule has 1 aliphatic rings. The SMILES string of the molecule is CN(CC1CC(O)C1)CC(C#N)c1ccccc1. The first kappa shape index (κ1) is 13.1. The van der Waals surface area contributed by atoms with Crippen LogP contribution in [0.15, 0.2) is 30.3 Å². The largest absolute Gasteiger partial charge is 0.393 e. The van der Waals surface area contributed by atoms with Gasteiger partial charge in [0.15, 0.2) is 0 Å². The lowest BCUT2D eigenvalue weighted by molar-refractivity contribution is 0.0281. The molecule has 1 N–H and O–H groups in total.